The monoisotopic (exact) mass is 271 g/mol. The number of rotatable bonds is 5. The molecule has 0 amide bonds. The number of nitro benzene ring substituents is 1. The molecule has 0 aliphatic heterocycles. The Bertz CT molecular complexity index is 488. The first kappa shape index (κ1) is 14.1. The quantitative estimate of drug-likeness (QED) is 0.268. The summed E-state index contributed by atoms with van der Waals surface area (Å²) in [5.74, 6) is -1.45. The summed E-state index contributed by atoms with van der Waals surface area (Å²) in [6.07, 6.45) is 0. The van der Waals surface area contributed by atoms with Gasteiger partial charge in [-0.25, -0.2) is 4.79 Å². The number of esters is 1. The zero-order valence-corrected chi connectivity index (χ0v) is 10.2. The van der Waals surface area contributed by atoms with Crippen LogP contribution in [0, 0.1) is 10.1 Å². The maximum absolute atomic E-state index is 11.3. The van der Waals surface area contributed by atoms with Crippen LogP contribution >= 0.6 is 11.6 Å². The molecule has 0 bridgehead atoms. The van der Waals surface area contributed by atoms with E-state index in [2.05, 4.69) is 0 Å². The van der Waals surface area contributed by atoms with E-state index in [9.17, 15) is 19.7 Å². The summed E-state index contributed by atoms with van der Waals surface area (Å²) in [6, 6.07) is 5.84. The lowest BCUT2D eigenvalue weighted by molar-refractivity contribution is -0.385. The molecule has 1 atom stereocenters. The molecule has 7 heteroatoms. The van der Waals surface area contributed by atoms with Gasteiger partial charge in [-0.3, -0.25) is 14.9 Å². The average molecular weight is 272 g/mol. The number of ether oxygens (including phenoxy) is 1. The fourth-order valence-electron chi connectivity index (χ4n) is 1.20. The van der Waals surface area contributed by atoms with Crippen LogP contribution in [0.5, 0.6) is 0 Å². The first-order chi connectivity index (χ1) is 8.43. The molecule has 96 valence electrons. The van der Waals surface area contributed by atoms with Crippen molar-refractivity contribution in [2.45, 2.75) is 18.9 Å². The Hall–Kier alpha value is -1.95. The van der Waals surface area contributed by atoms with E-state index in [-0.39, 0.29) is 17.9 Å². The second-order valence-corrected chi connectivity index (χ2v) is 3.90. The highest BCUT2D eigenvalue weighted by atomic mass is 35.5. The Balaban J connectivity index is 2.72. The summed E-state index contributed by atoms with van der Waals surface area (Å²) in [5.41, 5.74) is 0.0857. The summed E-state index contributed by atoms with van der Waals surface area (Å²) in [6.45, 7) is 0.858. The molecule has 0 N–H and O–H groups in total. The van der Waals surface area contributed by atoms with Gasteiger partial charge < -0.3 is 4.74 Å². The number of alkyl halides is 1. The Morgan fingerprint density at radius 1 is 1.44 bits per heavy atom. The number of hydrogen-bond donors (Lipinski definition) is 0. The van der Waals surface area contributed by atoms with Crippen molar-refractivity contribution in [1.82, 2.24) is 0 Å². The second-order valence-electron chi connectivity index (χ2n) is 3.47. The predicted octanol–water partition coefficient (Wildman–Crippen LogP) is 1.83. The van der Waals surface area contributed by atoms with Crippen LogP contribution in [0.25, 0.3) is 0 Å². The van der Waals surface area contributed by atoms with Gasteiger partial charge in [0.1, 0.15) is 6.61 Å². The van der Waals surface area contributed by atoms with Gasteiger partial charge in [-0.05, 0) is 13.0 Å². The lowest BCUT2D eigenvalue weighted by atomic mass is 10.2. The molecule has 0 aliphatic rings. The van der Waals surface area contributed by atoms with Gasteiger partial charge in [0.2, 0.25) is 0 Å². The number of Topliss-reactive ketones (excluding diaryl/α,β-unsaturated/α-hetero) is 1. The van der Waals surface area contributed by atoms with E-state index in [0.29, 0.717) is 0 Å². The normalized spacial score (nSPS) is 11.7. The van der Waals surface area contributed by atoms with E-state index >= 15 is 0 Å². The lowest BCUT2D eigenvalue weighted by Crippen LogP contribution is -2.24. The van der Waals surface area contributed by atoms with Crippen LogP contribution in [0.4, 0.5) is 5.69 Å². The topological polar surface area (TPSA) is 86.5 Å². The minimum atomic E-state index is -1.38. The third kappa shape index (κ3) is 3.53. The number of nitrogens with zero attached hydrogens (tertiary/aromatic N) is 1. The maximum atomic E-state index is 11.3. The van der Waals surface area contributed by atoms with Crippen LogP contribution in [-0.2, 0) is 20.9 Å². The number of nitro groups is 1. The fraction of sp³-hybridized carbons (Fsp3) is 0.273. The highest BCUT2D eigenvalue weighted by Gasteiger charge is 2.23. The highest BCUT2D eigenvalue weighted by molar-refractivity contribution is 6.40. The van der Waals surface area contributed by atoms with E-state index < -0.39 is 22.1 Å². The third-order valence-corrected chi connectivity index (χ3v) is 2.61. The van der Waals surface area contributed by atoms with Gasteiger partial charge in [-0.1, -0.05) is 12.1 Å². The lowest BCUT2D eigenvalue weighted by Gasteiger charge is -2.07. The van der Waals surface area contributed by atoms with Gasteiger partial charge in [-0.15, -0.1) is 11.6 Å². The van der Waals surface area contributed by atoms with Crippen molar-refractivity contribution in [3.05, 3.63) is 39.9 Å². The van der Waals surface area contributed by atoms with Crippen molar-refractivity contribution in [3.63, 3.8) is 0 Å². The summed E-state index contributed by atoms with van der Waals surface area (Å²) in [5, 5.41) is 9.31. The molecule has 0 aromatic heterocycles. The van der Waals surface area contributed by atoms with Crippen LogP contribution in [-0.4, -0.2) is 22.1 Å². The summed E-state index contributed by atoms with van der Waals surface area (Å²) in [4.78, 5) is 32.2. The molecular weight excluding hydrogens is 262 g/mol. The Morgan fingerprint density at radius 3 is 2.61 bits per heavy atom. The first-order valence-electron chi connectivity index (χ1n) is 4.97. The Morgan fingerprint density at radius 2 is 2.06 bits per heavy atom. The standard InChI is InChI=1S/C11H10ClNO5/c1-7(14)10(12)11(15)18-6-8-4-2-3-5-9(8)13(16)17/h2-5,10H,6H2,1H3. The van der Waals surface area contributed by atoms with Crippen molar-refractivity contribution < 1.29 is 19.2 Å². The largest absolute Gasteiger partial charge is 0.459 e. The third-order valence-electron chi connectivity index (χ3n) is 2.12. The van der Waals surface area contributed by atoms with Gasteiger partial charge >= 0.3 is 5.97 Å². The molecule has 0 heterocycles. The van der Waals surface area contributed by atoms with E-state index in [0.717, 1.165) is 6.92 Å². The van der Waals surface area contributed by atoms with Crippen molar-refractivity contribution >= 4 is 29.0 Å². The van der Waals surface area contributed by atoms with Crippen molar-refractivity contribution in [2.24, 2.45) is 0 Å². The summed E-state index contributed by atoms with van der Waals surface area (Å²) in [7, 11) is 0. The molecule has 0 aliphatic carbocycles. The van der Waals surface area contributed by atoms with Gasteiger partial charge in [0, 0.05) is 6.07 Å². The SMILES string of the molecule is CC(=O)C(Cl)C(=O)OCc1ccccc1[N+](=O)[O-]. The van der Waals surface area contributed by atoms with Crippen LogP contribution in [0.1, 0.15) is 12.5 Å². The number of ketones is 1. The molecule has 0 saturated heterocycles. The molecule has 1 unspecified atom stereocenters. The number of carbonyl (C=O) groups excluding carboxylic acids is 2. The number of para-hydroxylation sites is 1. The Kier molecular flexibility index (Phi) is 4.79. The van der Waals surface area contributed by atoms with Gasteiger partial charge in [-0.2, -0.15) is 0 Å². The van der Waals surface area contributed by atoms with E-state index in [1.165, 1.54) is 18.2 Å². The number of halogens is 1. The molecule has 1 rings (SSSR count). The summed E-state index contributed by atoms with van der Waals surface area (Å²) < 4.78 is 4.75. The molecule has 6 nitrogen and oxygen atoms in total. The number of hydrogen-bond acceptors (Lipinski definition) is 5. The zero-order valence-electron chi connectivity index (χ0n) is 9.46. The van der Waals surface area contributed by atoms with Crippen molar-refractivity contribution in [1.29, 1.82) is 0 Å². The first-order valence-corrected chi connectivity index (χ1v) is 5.40. The second kappa shape index (κ2) is 6.11. The highest BCUT2D eigenvalue weighted by Crippen LogP contribution is 2.18. The van der Waals surface area contributed by atoms with Gasteiger partial charge in [0.05, 0.1) is 10.5 Å². The van der Waals surface area contributed by atoms with Crippen LogP contribution in [0.3, 0.4) is 0 Å². The van der Waals surface area contributed by atoms with Crippen molar-refractivity contribution in [3.8, 4) is 0 Å². The van der Waals surface area contributed by atoms with Gasteiger partial charge in [0.15, 0.2) is 11.2 Å². The molecular formula is C11H10ClNO5. The molecule has 0 spiro atoms. The minimum Gasteiger partial charge on any atom is -0.459 e. The van der Waals surface area contributed by atoms with E-state index in [1.54, 1.807) is 6.07 Å². The van der Waals surface area contributed by atoms with E-state index in [4.69, 9.17) is 16.3 Å². The molecule has 0 saturated carbocycles. The molecule has 18 heavy (non-hydrogen) atoms. The number of carbonyl (C=O) groups is 2. The van der Waals surface area contributed by atoms with Crippen LogP contribution < -0.4 is 0 Å². The van der Waals surface area contributed by atoms with Crippen molar-refractivity contribution in [2.75, 3.05) is 0 Å². The average Bonchev–Trinajstić information content (AvgIpc) is 2.35. The molecule has 1 aromatic rings. The molecule has 0 radical (unpaired) electrons. The zero-order chi connectivity index (χ0) is 13.7. The Labute approximate surface area is 108 Å². The molecule has 1 aromatic carbocycles. The smallest absolute Gasteiger partial charge is 0.332 e. The van der Waals surface area contributed by atoms with Gasteiger partial charge in [0.25, 0.3) is 5.69 Å². The molecule has 0 fully saturated rings. The maximum Gasteiger partial charge on any atom is 0.332 e. The predicted molar refractivity (Wildman–Crippen MR) is 63.2 cm³/mol. The van der Waals surface area contributed by atoms with Crippen LogP contribution in [0.2, 0.25) is 0 Å². The number of benzene rings is 1. The van der Waals surface area contributed by atoms with E-state index in [1.807, 2.05) is 0 Å². The van der Waals surface area contributed by atoms with Crippen LogP contribution in [0.15, 0.2) is 24.3 Å². The summed E-state index contributed by atoms with van der Waals surface area (Å²) >= 11 is 5.48. The minimum absolute atomic E-state index is 0.153. The fourth-order valence-corrected chi connectivity index (χ4v) is 1.26.